The van der Waals surface area contributed by atoms with E-state index in [4.69, 9.17) is 9.47 Å². The Bertz CT molecular complexity index is 865. The highest BCUT2D eigenvalue weighted by atomic mass is 16.5. The molecular formula is C22H24O5. The fourth-order valence-electron chi connectivity index (χ4n) is 3.23. The fourth-order valence-corrected chi connectivity index (χ4v) is 3.23. The van der Waals surface area contributed by atoms with Crippen LogP contribution in [-0.2, 0) is 17.6 Å². The van der Waals surface area contributed by atoms with Gasteiger partial charge in [-0.15, -0.1) is 0 Å². The minimum absolute atomic E-state index is 0.0882. The minimum Gasteiger partial charge on any atom is -0.497 e. The number of carboxylic acids is 1. The highest BCUT2D eigenvalue weighted by Crippen LogP contribution is 2.33. The maximum absolute atomic E-state index is 12.3. The van der Waals surface area contributed by atoms with E-state index in [1.807, 2.05) is 30.3 Å². The summed E-state index contributed by atoms with van der Waals surface area (Å²) in [7, 11) is 1.62. The molecule has 27 heavy (non-hydrogen) atoms. The first kappa shape index (κ1) is 19.0. The Kier molecular flexibility index (Phi) is 5.22. The van der Waals surface area contributed by atoms with Gasteiger partial charge in [-0.25, -0.2) is 4.79 Å². The highest BCUT2D eigenvalue weighted by Gasteiger charge is 2.31. The summed E-state index contributed by atoms with van der Waals surface area (Å²) in [6, 6.07) is 11.4. The van der Waals surface area contributed by atoms with Gasteiger partial charge < -0.3 is 14.6 Å². The molecule has 0 heterocycles. The SMILES string of the molecule is COc1ccc(Cc2cc3c(cc2OC(C)(C)C(=O)O)C(=O)CCC3)cc1. The van der Waals surface area contributed by atoms with Gasteiger partial charge >= 0.3 is 5.97 Å². The molecule has 0 unspecified atom stereocenters. The lowest BCUT2D eigenvalue weighted by atomic mass is 9.87. The Morgan fingerprint density at radius 2 is 1.85 bits per heavy atom. The molecule has 0 spiro atoms. The molecule has 0 bridgehead atoms. The van der Waals surface area contributed by atoms with Crippen molar-refractivity contribution in [2.45, 2.75) is 45.1 Å². The van der Waals surface area contributed by atoms with Crippen molar-refractivity contribution in [2.24, 2.45) is 0 Å². The first-order valence-corrected chi connectivity index (χ1v) is 9.04. The third-order valence-corrected chi connectivity index (χ3v) is 4.87. The molecule has 1 aliphatic carbocycles. The largest absolute Gasteiger partial charge is 0.497 e. The Balaban J connectivity index is 2.01. The van der Waals surface area contributed by atoms with Gasteiger partial charge in [0.05, 0.1) is 7.11 Å². The van der Waals surface area contributed by atoms with Gasteiger partial charge in [0.25, 0.3) is 0 Å². The number of hydrogen-bond donors (Lipinski definition) is 1. The first-order valence-electron chi connectivity index (χ1n) is 9.04. The Morgan fingerprint density at radius 1 is 1.15 bits per heavy atom. The van der Waals surface area contributed by atoms with Gasteiger partial charge in [-0.05, 0) is 61.6 Å². The molecule has 0 radical (unpaired) electrons. The van der Waals surface area contributed by atoms with E-state index in [1.165, 1.54) is 13.8 Å². The van der Waals surface area contributed by atoms with E-state index in [0.29, 0.717) is 24.2 Å². The Hall–Kier alpha value is -2.82. The number of carboxylic acid groups (broad SMARTS) is 1. The molecule has 0 amide bonds. The molecular weight excluding hydrogens is 344 g/mol. The number of ketones is 1. The monoisotopic (exact) mass is 368 g/mol. The van der Waals surface area contributed by atoms with Gasteiger partial charge in [0.15, 0.2) is 11.4 Å². The van der Waals surface area contributed by atoms with Crippen molar-refractivity contribution in [1.82, 2.24) is 0 Å². The van der Waals surface area contributed by atoms with Crippen molar-refractivity contribution in [3.05, 3.63) is 58.7 Å². The zero-order valence-corrected chi connectivity index (χ0v) is 15.9. The van der Waals surface area contributed by atoms with Crippen molar-refractivity contribution in [2.75, 3.05) is 7.11 Å². The van der Waals surface area contributed by atoms with Crippen LogP contribution < -0.4 is 9.47 Å². The van der Waals surface area contributed by atoms with Crippen LogP contribution in [0.25, 0.3) is 0 Å². The quantitative estimate of drug-likeness (QED) is 0.833. The van der Waals surface area contributed by atoms with Gasteiger partial charge in [0.1, 0.15) is 11.5 Å². The maximum Gasteiger partial charge on any atom is 0.347 e. The zero-order chi connectivity index (χ0) is 19.6. The van der Waals surface area contributed by atoms with Crippen molar-refractivity contribution in [3.63, 3.8) is 0 Å². The number of carbonyl (C=O) groups is 2. The number of hydrogen-bond acceptors (Lipinski definition) is 4. The molecule has 0 aromatic heterocycles. The maximum atomic E-state index is 12.3. The molecule has 5 nitrogen and oxygen atoms in total. The molecule has 0 atom stereocenters. The number of benzene rings is 2. The number of fused-ring (bicyclic) bond motifs is 1. The first-order chi connectivity index (χ1) is 12.8. The summed E-state index contributed by atoms with van der Waals surface area (Å²) in [5, 5.41) is 9.43. The predicted molar refractivity (Wildman–Crippen MR) is 102 cm³/mol. The molecule has 2 aromatic rings. The molecule has 0 saturated carbocycles. The van der Waals surface area contributed by atoms with E-state index in [1.54, 1.807) is 13.2 Å². The number of ether oxygens (including phenoxy) is 2. The smallest absolute Gasteiger partial charge is 0.347 e. The van der Waals surface area contributed by atoms with E-state index in [-0.39, 0.29) is 5.78 Å². The number of aryl methyl sites for hydroxylation is 1. The lowest BCUT2D eigenvalue weighted by Gasteiger charge is -2.26. The average Bonchev–Trinajstić information content (AvgIpc) is 2.63. The molecule has 1 N–H and O–H groups in total. The molecule has 3 rings (SSSR count). The van der Waals surface area contributed by atoms with Gasteiger partial charge in [-0.3, -0.25) is 4.79 Å². The number of rotatable bonds is 6. The second-order valence-electron chi connectivity index (χ2n) is 7.34. The topological polar surface area (TPSA) is 72.8 Å². The standard InChI is InChI=1S/C22H24O5/c1-22(2,21(24)25)27-20-13-18-15(5-4-6-19(18)23)12-16(20)11-14-7-9-17(26-3)10-8-14/h7-10,12-13H,4-6,11H2,1-3H3,(H,24,25). The predicted octanol–water partition coefficient (Wildman–Crippen LogP) is 4.05. The molecule has 0 fully saturated rings. The Morgan fingerprint density at radius 3 is 2.48 bits per heavy atom. The van der Waals surface area contributed by atoms with E-state index < -0.39 is 11.6 Å². The lowest BCUT2D eigenvalue weighted by molar-refractivity contribution is -0.152. The van der Waals surface area contributed by atoms with E-state index >= 15 is 0 Å². The lowest BCUT2D eigenvalue weighted by Crippen LogP contribution is -2.38. The molecule has 1 aliphatic rings. The number of aliphatic carboxylic acids is 1. The van der Waals surface area contributed by atoms with Gasteiger partial charge in [0.2, 0.25) is 0 Å². The minimum atomic E-state index is -1.39. The summed E-state index contributed by atoms with van der Waals surface area (Å²) in [4.78, 5) is 23.8. The van der Waals surface area contributed by atoms with Gasteiger partial charge in [0, 0.05) is 18.4 Å². The highest BCUT2D eigenvalue weighted by molar-refractivity contribution is 5.99. The second kappa shape index (κ2) is 7.43. The summed E-state index contributed by atoms with van der Waals surface area (Å²) >= 11 is 0. The summed E-state index contributed by atoms with van der Waals surface area (Å²) in [5.41, 5.74) is 2.20. The van der Waals surface area contributed by atoms with Crippen molar-refractivity contribution in [3.8, 4) is 11.5 Å². The van der Waals surface area contributed by atoms with Crippen LogP contribution in [0.3, 0.4) is 0 Å². The third-order valence-electron chi connectivity index (χ3n) is 4.87. The summed E-state index contributed by atoms with van der Waals surface area (Å²) in [5.74, 6) is 0.262. The summed E-state index contributed by atoms with van der Waals surface area (Å²) in [6.45, 7) is 3.02. The fraction of sp³-hybridized carbons (Fsp3) is 0.364. The van der Waals surface area contributed by atoms with Gasteiger partial charge in [-0.1, -0.05) is 18.2 Å². The van der Waals surface area contributed by atoms with Crippen molar-refractivity contribution >= 4 is 11.8 Å². The zero-order valence-electron chi connectivity index (χ0n) is 15.9. The number of methoxy groups -OCH3 is 1. The second-order valence-corrected chi connectivity index (χ2v) is 7.34. The molecule has 5 heteroatoms. The molecule has 0 aliphatic heterocycles. The summed E-state index contributed by atoms with van der Waals surface area (Å²) < 4.78 is 11.0. The normalized spacial score (nSPS) is 13.8. The van der Waals surface area contributed by atoms with Crippen LogP contribution in [0, 0.1) is 0 Å². The molecule has 2 aromatic carbocycles. The van der Waals surface area contributed by atoms with Gasteiger partial charge in [-0.2, -0.15) is 0 Å². The van der Waals surface area contributed by atoms with Crippen LogP contribution in [-0.4, -0.2) is 29.6 Å². The Labute approximate surface area is 158 Å². The third kappa shape index (κ3) is 4.13. The molecule has 142 valence electrons. The van der Waals surface area contributed by atoms with Crippen molar-refractivity contribution in [1.29, 1.82) is 0 Å². The summed E-state index contributed by atoms with van der Waals surface area (Å²) in [6.07, 6.45) is 2.79. The van der Waals surface area contributed by atoms with Crippen LogP contribution >= 0.6 is 0 Å². The van der Waals surface area contributed by atoms with E-state index in [9.17, 15) is 14.7 Å². The van der Waals surface area contributed by atoms with Crippen molar-refractivity contribution < 1.29 is 24.2 Å². The molecule has 0 saturated heterocycles. The van der Waals surface area contributed by atoms with Crippen LogP contribution in [0.15, 0.2) is 36.4 Å². The van der Waals surface area contributed by atoms with Crippen LogP contribution in [0.2, 0.25) is 0 Å². The van der Waals surface area contributed by atoms with E-state index in [0.717, 1.165) is 35.3 Å². The number of Topliss-reactive ketones (excluding diaryl/α,β-unsaturated/α-hetero) is 1. The average molecular weight is 368 g/mol. The van der Waals surface area contributed by atoms with Crippen LogP contribution in [0.4, 0.5) is 0 Å². The van der Waals surface area contributed by atoms with Crippen LogP contribution in [0.5, 0.6) is 11.5 Å². The number of carbonyl (C=O) groups excluding carboxylic acids is 1. The van der Waals surface area contributed by atoms with E-state index in [2.05, 4.69) is 0 Å². The van der Waals surface area contributed by atoms with Crippen LogP contribution in [0.1, 0.15) is 53.7 Å².